The average molecular weight is 464 g/mol. The molecule has 0 spiro atoms. The Bertz CT molecular complexity index is 1050. The summed E-state index contributed by atoms with van der Waals surface area (Å²) in [5.74, 6) is 0.819. The number of hydrogen-bond acceptors (Lipinski definition) is 7. The molecule has 2 aromatic carbocycles. The molecule has 164 valence electrons. The molecule has 31 heavy (non-hydrogen) atoms. The molecule has 0 amide bonds. The topological polar surface area (TPSA) is 56.7 Å². The van der Waals surface area contributed by atoms with Gasteiger partial charge in [-0.1, -0.05) is 23.4 Å². The highest BCUT2D eigenvalue weighted by molar-refractivity contribution is 7.99. The third kappa shape index (κ3) is 5.57. The fourth-order valence-corrected chi connectivity index (χ4v) is 4.50. The van der Waals surface area contributed by atoms with E-state index in [0.29, 0.717) is 18.1 Å². The lowest BCUT2D eigenvalue weighted by Gasteiger charge is -2.26. The summed E-state index contributed by atoms with van der Waals surface area (Å²) < 4.78 is 30.4. The average Bonchev–Trinajstić information content (AvgIpc) is 2.79. The number of halogens is 2. The van der Waals surface area contributed by atoms with Crippen molar-refractivity contribution in [3.8, 4) is 11.5 Å². The Labute approximate surface area is 189 Å². The molecule has 0 N–H and O–H groups in total. The molecule has 2 heterocycles. The van der Waals surface area contributed by atoms with Crippen LogP contribution >= 0.6 is 23.4 Å². The molecule has 6 nitrogen and oxygen atoms in total. The predicted octanol–water partition coefficient (Wildman–Crippen LogP) is 4.68. The Kier molecular flexibility index (Phi) is 7.45. The molecule has 1 aliphatic rings. The molecular weight excluding hydrogens is 441 g/mol. The summed E-state index contributed by atoms with van der Waals surface area (Å²) in [5, 5.41) is 1.63. The summed E-state index contributed by atoms with van der Waals surface area (Å²) in [6, 6.07) is 8.34. The van der Waals surface area contributed by atoms with E-state index in [1.807, 2.05) is 12.1 Å². The molecule has 1 saturated heterocycles. The van der Waals surface area contributed by atoms with E-state index in [1.165, 1.54) is 24.2 Å². The van der Waals surface area contributed by atoms with Crippen LogP contribution in [0, 0.1) is 5.82 Å². The van der Waals surface area contributed by atoms with Crippen LogP contribution in [0.25, 0.3) is 10.9 Å². The number of aromatic nitrogens is 2. The molecule has 1 fully saturated rings. The SMILES string of the molecule is COc1cc2c(Sc3ccc(F)c(Cl)c3)ncnc2cc1OCCCN1CCOCC1. The smallest absolute Gasteiger partial charge is 0.163 e. The van der Waals surface area contributed by atoms with Crippen LogP contribution in [0.1, 0.15) is 6.42 Å². The Balaban J connectivity index is 1.48. The highest BCUT2D eigenvalue weighted by Gasteiger charge is 2.14. The van der Waals surface area contributed by atoms with E-state index < -0.39 is 5.82 Å². The number of rotatable bonds is 8. The van der Waals surface area contributed by atoms with Crippen molar-refractivity contribution in [2.45, 2.75) is 16.3 Å². The van der Waals surface area contributed by atoms with Crippen molar-refractivity contribution in [2.24, 2.45) is 0 Å². The second-order valence-electron chi connectivity index (χ2n) is 7.03. The van der Waals surface area contributed by atoms with E-state index in [9.17, 15) is 4.39 Å². The van der Waals surface area contributed by atoms with E-state index in [2.05, 4.69) is 14.9 Å². The Morgan fingerprint density at radius 1 is 1.16 bits per heavy atom. The van der Waals surface area contributed by atoms with E-state index in [0.717, 1.165) is 60.1 Å². The van der Waals surface area contributed by atoms with Crippen LogP contribution in [0.4, 0.5) is 4.39 Å². The van der Waals surface area contributed by atoms with E-state index in [1.54, 1.807) is 19.2 Å². The minimum absolute atomic E-state index is 0.0775. The molecule has 1 aliphatic heterocycles. The van der Waals surface area contributed by atoms with Crippen LogP contribution < -0.4 is 9.47 Å². The standard InChI is InChI=1S/C22H23ClFN3O3S/c1-28-20-12-16-19(13-21(20)30-8-2-5-27-6-9-29-10-7-27)25-14-26-22(16)31-15-3-4-18(24)17(23)11-15/h3-4,11-14H,2,5-10H2,1H3. The fourth-order valence-electron chi connectivity index (χ4n) is 3.34. The largest absolute Gasteiger partial charge is 0.493 e. The molecule has 4 rings (SSSR count). The molecule has 0 radical (unpaired) electrons. The third-order valence-electron chi connectivity index (χ3n) is 4.97. The quantitative estimate of drug-likeness (QED) is 0.355. The summed E-state index contributed by atoms with van der Waals surface area (Å²) in [6.45, 7) is 5.08. The molecule has 0 bridgehead atoms. The number of hydrogen-bond donors (Lipinski definition) is 0. The van der Waals surface area contributed by atoms with Crippen LogP contribution in [-0.4, -0.2) is 61.4 Å². The van der Waals surface area contributed by atoms with Gasteiger partial charge in [-0.2, -0.15) is 0 Å². The number of morpholine rings is 1. The van der Waals surface area contributed by atoms with Gasteiger partial charge in [0.25, 0.3) is 0 Å². The van der Waals surface area contributed by atoms with Gasteiger partial charge in [-0.3, -0.25) is 4.90 Å². The van der Waals surface area contributed by atoms with Crippen molar-refractivity contribution in [1.29, 1.82) is 0 Å². The van der Waals surface area contributed by atoms with Gasteiger partial charge in [0.2, 0.25) is 0 Å². The first kappa shape index (κ1) is 22.1. The first-order valence-electron chi connectivity index (χ1n) is 10.0. The van der Waals surface area contributed by atoms with E-state index in [-0.39, 0.29) is 5.02 Å². The van der Waals surface area contributed by atoms with Gasteiger partial charge in [-0.05, 0) is 30.7 Å². The van der Waals surface area contributed by atoms with E-state index in [4.69, 9.17) is 25.8 Å². The molecule has 0 saturated carbocycles. The van der Waals surface area contributed by atoms with Crippen molar-refractivity contribution < 1.29 is 18.6 Å². The highest BCUT2D eigenvalue weighted by atomic mass is 35.5. The summed E-state index contributed by atoms with van der Waals surface area (Å²) in [7, 11) is 1.61. The van der Waals surface area contributed by atoms with Crippen molar-refractivity contribution >= 4 is 34.3 Å². The third-order valence-corrected chi connectivity index (χ3v) is 6.27. The van der Waals surface area contributed by atoms with Crippen LogP contribution in [0.3, 0.4) is 0 Å². The molecule has 1 aromatic heterocycles. The number of nitrogens with zero attached hydrogens (tertiary/aromatic N) is 3. The maximum absolute atomic E-state index is 13.5. The zero-order valence-corrected chi connectivity index (χ0v) is 18.7. The fraction of sp³-hybridized carbons (Fsp3) is 0.364. The van der Waals surface area contributed by atoms with Gasteiger partial charge in [-0.25, -0.2) is 14.4 Å². The minimum Gasteiger partial charge on any atom is -0.493 e. The first-order chi connectivity index (χ1) is 15.1. The van der Waals surface area contributed by atoms with Crippen LogP contribution in [-0.2, 0) is 4.74 Å². The lowest BCUT2D eigenvalue weighted by Crippen LogP contribution is -2.37. The molecular formula is C22H23ClFN3O3S. The normalized spacial score (nSPS) is 14.7. The van der Waals surface area contributed by atoms with Crippen molar-refractivity contribution in [3.05, 3.63) is 47.5 Å². The second kappa shape index (κ2) is 10.5. The van der Waals surface area contributed by atoms with Crippen LogP contribution in [0.2, 0.25) is 5.02 Å². The lowest BCUT2D eigenvalue weighted by atomic mass is 10.2. The predicted molar refractivity (Wildman–Crippen MR) is 119 cm³/mol. The summed E-state index contributed by atoms with van der Waals surface area (Å²) in [6.07, 6.45) is 2.42. The van der Waals surface area contributed by atoms with Gasteiger partial charge in [-0.15, -0.1) is 0 Å². The Morgan fingerprint density at radius 2 is 2.00 bits per heavy atom. The first-order valence-corrected chi connectivity index (χ1v) is 11.2. The number of benzene rings is 2. The number of methoxy groups -OCH3 is 1. The second-order valence-corrected chi connectivity index (χ2v) is 8.50. The summed E-state index contributed by atoms with van der Waals surface area (Å²) in [5.41, 5.74) is 0.745. The number of ether oxygens (including phenoxy) is 3. The van der Waals surface area contributed by atoms with Crippen LogP contribution in [0.5, 0.6) is 11.5 Å². The van der Waals surface area contributed by atoms with Gasteiger partial charge >= 0.3 is 0 Å². The van der Waals surface area contributed by atoms with Gasteiger partial charge in [0.05, 0.1) is 37.5 Å². The molecule has 9 heteroatoms. The Hall–Kier alpha value is -2.13. The van der Waals surface area contributed by atoms with Crippen LogP contribution in [0.15, 0.2) is 46.6 Å². The molecule has 0 unspecified atom stereocenters. The zero-order chi connectivity index (χ0) is 21.6. The lowest BCUT2D eigenvalue weighted by molar-refractivity contribution is 0.0357. The Morgan fingerprint density at radius 3 is 2.77 bits per heavy atom. The molecule has 0 aliphatic carbocycles. The van der Waals surface area contributed by atoms with Crippen molar-refractivity contribution in [1.82, 2.24) is 14.9 Å². The maximum Gasteiger partial charge on any atom is 0.163 e. The van der Waals surface area contributed by atoms with E-state index >= 15 is 0 Å². The summed E-state index contributed by atoms with van der Waals surface area (Å²) in [4.78, 5) is 11.9. The maximum atomic E-state index is 13.5. The van der Waals surface area contributed by atoms with Gasteiger partial charge in [0, 0.05) is 36.0 Å². The molecule has 0 atom stereocenters. The van der Waals surface area contributed by atoms with Gasteiger partial charge in [0.15, 0.2) is 11.5 Å². The summed E-state index contributed by atoms with van der Waals surface area (Å²) >= 11 is 7.30. The molecule has 3 aromatic rings. The van der Waals surface area contributed by atoms with Crippen molar-refractivity contribution in [2.75, 3.05) is 46.6 Å². The zero-order valence-electron chi connectivity index (χ0n) is 17.1. The monoisotopic (exact) mass is 463 g/mol. The van der Waals surface area contributed by atoms with Crippen molar-refractivity contribution in [3.63, 3.8) is 0 Å². The highest BCUT2D eigenvalue weighted by Crippen LogP contribution is 2.38. The minimum atomic E-state index is -0.448. The number of fused-ring (bicyclic) bond motifs is 1. The van der Waals surface area contributed by atoms with Gasteiger partial charge in [0.1, 0.15) is 17.2 Å². The van der Waals surface area contributed by atoms with Gasteiger partial charge < -0.3 is 14.2 Å².